The molecule has 5 nitrogen and oxygen atoms in total. The molecular formula is C21H32N2O3. The van der Waals surface area contributed by atoms with Gasteiger partial charge in [0.05, 0.1) is 12.5 Å². The summed E-state index contributed by atoms with van der Waals surface area (Å²) in [7, 11) is 0. The van der Waals surface area contributed by atoms with E-state index in [-0.39, 0.29) is 17.8 Å². The minimum atomic E-state index is -0.198. The molecule has 1 aliphatic heterocycles. The number of hydrogen-bond acceptors (Lipinski definition) is 4. The number of likely N-dealkylation sites (tertiary alicyclic amines) is 1. The van der Waals surface area contributed by atoms with Crippen LogP contribution in [0.5, 0.6) is 0 Å². The average molecular weight is 360 g/mol. The Morgan fingerprint density at radius 2 is 1.92 bits per heavy atom. The molecule has 1 aromatic carbocycles. The molecule has 0 aliphatic carbocycles. The van der Waals surface area contributed by atoms with E-state index in [1.165, 1.54) is 6.42 Å². The lowest BCUT2D eigenvalue weighted by atomic mass is 9.97. The van der Waals surface area contributed by atoms with Crippen LogP contribution in [-0.2, 0) is 9.53 Å². The van der Waals surface area contributed by atoms with Crippen molar-refractivity contribution in [2.45, 2.75) is 46.5 Å². The summed E-state index contributed by atoms with van der Waals surface area (Å²) >= 11 is 0. The predicted molar refractivity (Wildman–Crippen MR) is 104 cm³/mol. The van der Waals surface area contributed by atoms with Gasteiger partial charge in [-0.2, -0.15) is 0 Å². The van der Waals surface area contributed by atoms with E-state index in [2.05, 4.69) is 18.7 Å². The number of benzene rings is 1. The van der Waals surface area contributed by atoms with Crippen LogP contribution in [0.3, 0.4) is 0 Å². The molecule has 1 unspecified atom stereocenters. The maximum atomic E-state index is 12.8. The van der Waals surface area contributed by atoms with Crippen LogP contribution in [0.2, 0.25) is 0 Å². The highest BCUT2D eigenvalue weighted by molar-refractivity contribution is 5.95. The summed E-state index contributed by atoms with van der Waals surface area (Å²) in [6, 6.07) is 7.86. The van der Waals surface area contributed by atoms with Crippen molar-refractivity contribution in [2.75, 3.05) is 37.7 Å². The standard InChI is InChI=1S/C21H32N2O3/c1-4-7-14-22(5-2)19-12-10-17(11-13-19)20(24)23-15-8-9-18(16-23)21(25)26-6-3/h10-13,18H,4-9,14-16H2,1-3H3. The molecule has 144 valence electrons. The van der Waals surface area contributed by atoms with Crippen molar-refractivity contribution in [1.82, 2.24) is 4.90 Å². The summed E-state index contributed by atoms with van der Waals surface area (Å²) in [6.45, 7) is 9.69. The molecule has 1 heterocycles. The number of carbonyl (C=O) groups is 2. The largest absolute Gasteiger partial charge is 0.466 e. The summed E-state index contributed by atoms with van der Waals surface area (Å²) < 4.78 is 5.12. The van der Waals surface area contributed by atoms with Gasteiger partial charge in [0.25, 0.3) is 5.91 Å². The Bertz CT molecular complexity index is 585. The third kappa shape index (κ3) is 5.23. The Morgan fingerprint density at radius 3 is 2.54 bits per heavy atom. The number of anilines is 1. The zero-order valence-corrected chi connectivity index (χ0v) is 16.4. The fourth-order valence-corrected chi connectivity index (χ4v) is 3.43. The number of piperidine rings is 1. The molecule has 0 bridgehead atoms. The first kappa shape index (κ1) is 20.3. The van der Waals surface area contributed by atoms with E-state index in [0.29, 0.717) is 25.3 Å². The highest BCUT2D eigenvalue weighted by Gasteiger charge is 2.29. The molecule has 0 radical (unpaired) electrons. The smallest absolute Gasteiger partial charge is 0.310 e. The summed E-state index contributed by atoms with van der Waals surface area (Å²) in [5.74, 6) is -0.381. The maximum Gasteiger partial charge on any atom is 0.310 e. The molecule has 0 saturated carbocycles. The summed E-state index contributed by atoms with van der Waals surface area (Å²) in [5, 5.41) is 0. The lowest BCUT2D eigenvalue weighted by Gasteiger charge is -2.31. The molecule has 26 heavy (non-hydrogen) atoms. The van der Waals surface area contributed by atoms with Crippen LogP contribution < -0.4 is 4.90 Å². The molecule has 5 heteroatoms. The highest BCUT2D eigenvalue weighted by atomic mass is 16.5. The first-order valence-electron chi connectivity index (χ1n) is 9.91. The third-order valence-electron chi connectivity index (χ3n) is 4.97. The van der Waals surface area contributed by atoms with Crippen LogP contribution in [0.4, 0.5) is 5.69 Å². The quantitative estimate of drug-likeness (QED) is 0.663. The Kier molecular flexibility index (Phi) is 7.95. The van der Waals surface area contributed by atoms with E-state index in [1.54, 1.807) is 4.90 Å². The van der Waals surface area contributed by atoms with E-state index in [4.69, 9.17) is 4.74 Å². The molecule has 0 spiro atoms. The number of hydrogen-bond donors (Lipinski definition) is 0. The van der Waals surface area contributed by atoms with Crippen LogP contribution in [0, 0.1) is 5.92 Å². The fourth-order valence-electron chi connectivity index (χ4n) is 3.43. The maximum absolute atomic E-state index is 12.8. The van der Waals surface area contributed by atoms with Gasteiger partial charge in [0.15, 0.2) is 0 Å². The zero-order chi connectivity index (χ0) is 18.9. The van der Waals surface area contributed by atoms with Crippen molar-refractivity contribution in [1.29, 1.82) is 0 Å². The summed E-state index contributed by atoms with van der Waals surface area (Å²) in [6.07, 6.45) is 3.97. The number of nitrogens with zero attached hydrogens (tertiary/aromatic N) is 2. The Labute approximate surface area is 157 Å². The molecule has 0 N–H and O–H groups in total. The van der Waals surface area contributed by atoms with E-state index in [9.17, 15) is 9.59 Å². The SMILES string of the molecule is CCCCN(CC)c1ccc(C(=O)N2CCCC(C(=O)OCC)C2)cc1. The number of carbonyl (C=O) groups excluding carboxylic acids is 2. The van der Waals surface area contributed by atoms with E-state index in [1.807, 2.05) is 31.2 Å². The van der Waals surface area contributed by atoms with Gasteiger partial charge in [0.2, 0.25) is 0 Å². The van der Waals surface area contributed by atoms with E-state index >= 15 is 0 Å². The topological polar surface area (TPSA) is 49.9 Å². The number of ether oxygens (including phenoxy) is 1. The molecule has 2 rings (SSSR count). The lowest BCUT2D eigenvalue weighted by Crippen LogP contribution is -2.42. The van der Waals surface area contributed by atoms with Crippen molar-refractivity contribution in [3.63, 3.8) is 0 Å². The molecular weight excluding hydrogens is 328 g/mol. The number of esters is 1. The number of unbranched alkanes of at least 4 members (excludes halogenated alkanes) is 1. The molecule has 1 amide bonds. The molecule has 1 atom stereocenters. The summed E-state index contributed by atoms with van der Waals surface area (Å²) in [5.41, 5.74) is 1.84. The minimum Gasteiger partial charge on any atom is -0.466 e. The number of rotatable bonds is 8. The summed E-state index contributed by atoms with van der Waals surface area (Å²) in [4.78, 5) is 28.9. The van der Waals surface area contributed by atoms with Gasteiger partial charge in [0.1, 0.15) is 0 Å². The highest BCUT2D eigenvalue weighted by Crippen LogP contribution is 2.21. The van der Waals surface area contributed by atoms with Crippen LogP contribution in [0.1, 0.15) is 56.8 Å². The van der Waals surface area contributed by atoms with Gasteiger partial charge in [-0.05, 0) is 57.4 Å². The minimum absolute atomic E-state index is 0.00200. The first-order valence-corrected chi connectivity index (χ1v) is 9.91. The van der Waals surface area contributed by atoms with Crippen molar-refractivity contribution in [2.24, 2.45) is 5.92 Å². The molecule has 1 saturated heterocycles. The van der Waals surface area contributed by atoms with Gasteiger partial charge in [-0.1, -0.05) is 13.3 Å². The van der Waals surface area contributed by atoms with Crippen molar-refractivity contribution < 1.29 is 14.3 Å². The van der Waals surface area contributed by atoms with E-state index in [0.717, 1.165) is 38.0 Å². The van der Waals surface area contributed by atoms with Gasteiger partial charge >= 0.3 is 5.97 Å². The third-order valence-corrected chi connectivity index (χ3v) is 4.97. The van der Waals surface area contributed by atoms with Gasteiger partial charge in [0, 0.05) is 37.4 Å². The monoisotopic (exact) mass is 360 g/mol. The Morgan fingerprint density at radius 1 is 1.19 bits per heavy atom. The van der Waals surface area contributed by atoms with Crippen LogP contribution in [-0.4, -0.2) is 49.6 Å². The van der Waals surface area contributed by atoms with Crippen LogP contribution in [0.25, 0.3) is 0 Å². The Hall–Kier alpha value is -2.04. The molecule has 1 fully saturated rings. The first-order chi connectivity index (χ1) is 12.6. The van der Waals surface area contributed by atoms with E-state index < -0.39 is 0 Å². The van der Waals surface area contributed by atoms with Crippen LogP contribution in [0.15, 0.2) is 24.3 Å². The van der Waals surface area contributed by atoms with Crippen molar-refractivity contribution in [3.8, 4) is 0 Å². The van der Waals surface area contributed by atoms with Gasteiger partial charge in [-0.3, -0.25) is 9.59 Å². The second-order valence-electron chi connectivity index (χ2n) is 6.82. The van der Waals surface area contributed by atoms with Crippen molar-refractivity contribution >= 4 is 17.6 Å². The predicted octanol–water partition coefficient (Wildman–Crippen LogP) is 3.73. The second kappa shape index (κ2) is 10.2. The molecule has 1 aromatic rings. The normalized spacial score (nSPS) is 17.0. The molecule has 1 aliphatic rings. The van der Waals surface area contributed by atoms with Crippen LogP contribution >= 0.6 is 0 Å². The second-order valence-corrected chi connectivity index (χ2v) is 6.82. The van der Waals surface area contributed by atoms with Gasteiger partial charge in [-0.25, -0.2) is 0 Å². The van der Waals surface area contributed by atoms with Gasteiger partial charge in [-0.15, -0.1) is 0 Å². The fraction of sp³-hybridized carbons (Fsp3) is 0.619. The van der Waals surface area contributed by atoms with Crippen molar-refractivity contribution in [3.05, 3.63) is 29.8 Å². The lowest BCUT2D eigenvalue weighted by molar-refractivity contribution is -0.149. The number of amides is 1. The average Bonchev–Trinajstić information content (AvgIpc) is 2.69. The Balaban J connectivity index is 2.01. The zero-order valence-electron chi connectivity index (χ0n) is 16.4. The molecule has 0 aromatic heterocycles. The van der Waals surface area contributed by atoms with Gasteiger partial charge < -0.3 is 14.5 Å².